The number of hydrogen-bond acceptors (Lipinski definition) is 6. The number of nitrogens with zero attached hydrogens (tertiary/aromatic N) is 4. The number of fused-ring (bicyclic) bond motifs is 2. The van der Waals surface area contributed by atoms with Crippen molar-refractivity contribution in [1.29, 1.82) is 0 Å². The third-order valence-corrected chi connectivity index (χ3v) is 6.45. The van der Waals surface area contributed by atoms with Crippen molar-refractivity contribution in [1.82, 2.24) is 19.9 Å². The third-order valence-electron chi connectivity index (χ3n) is 6.45. The fraction of sp³-hybridized carbons (Fsp3) is 0.571. The Bertz CT molecular complexity index is 893. The minimum Gasteiger partial charge on any atom is -0.378 e. The Morgan fingerprint density at radius 2 is 2.11 bits per heavy atom. The normalized spacial score (nSPS) is 25.2. The highest BCUT2D eigenvalue weighted by atomic mass is 16.5. The van der Waals surface area contributed by atoms with E-state index in [4.69, 9.17) is 9.72 Å². The van der Waals surface area contributed by atoms with Crippen LogP contribution in [0, 0.1) is 0 Å². The predicted octanol–water partition coefficient (Wildman–Crippen LogP) is 1.48. The monoisotopic (exact) mass is 381 g/mol. The summed E-state index contributed by atoms with van der Waals surface area (Å²) >= 11 is 0. The molecule has 0 aromatic carbocycles. The van der Waals surface area contributed by atoms with Crippen LogP contribution in [0.5, 0.6) is 0 Å². The van der Waals surface area contributed by atoms with Gasteiger partial charge in [0.15, 0.2) is 0 Å². The lowest BCUT2D eigenvalue weighted by molar-refractivity contribution is 0.121. The summed E-state index contributed by atoms with van der Waals surface area (Å²) in [6.07, 6.45) is 7.88. The minimum absolute atomic E-state index is 0.00505. The van der Waals surface area contributed by atoms with E-state index >= 15 is 0 Å². The average Bonchev–Trinajstić information content (AvgIpc) is 3.08. The number of aromatic amines is 1. The molecule has 1 aliphatic carbocycles. The molecule has 1 N–H and O–H groups in total. The molecular formula is C21H27N5O2. The van der Waals surface area contributed by atoms with Crippen LogP contribution in [0.4, 0.5) is 5.95 Å². The molecule has 2 aliphatic heterocycles. The molecule has 4 heterocycles. The number of rotatable bonds is 3. The van der Waals surface area contributed by atoms with Crippen LogP contribution in [0.15, 0.2) is 29.3 Å². The molecule has 148 valence electrons. The molecule has 0 bridgehead atoms. The lowest BCUT2D eigenvalue weighted by Gasteiger charge is -2.40. The van der Waals surface area contributed by atoms with Crippen LogP contribution < -0.4 is 10.5 Å². The lowest BCUT2D eigenvalue weighted by atomic mass is 9.77. The number of ether oxygens (including phenoxy) is 1. The molecular weight excluding hydrogens is 354 g/mol. The second-order valence-corrected chi connectivity index (χ2v) is 8.27. The fourth-order valence-electron chi connectivity index (χ4n) is 5.07. The van der Waals surface area contributed by atoms with Crippen molar-refractivity contribution in [3.63, 3.8) is 0 Å². The highest BCUT2D eigenvalue weighted by Crippen LogP contribution is 2.43. The Morgan fingerprint density at radius 3 is 2.93 bits per heavy atom. The topological polar surface area (TPSA) is 74.3 Å². The first-order valence-electron chi connectivity index (χ1n) is 10.3. The smallest absolute Gasteiger partial charge is 0.255 e. The first-order valence-corrected chi connectivity index (χ1v) is 10.3. The highest BCUT2D eigenvalue weighted by molar-refractivity contribution is 5.40. The summed E-state index contributed by atoms with van der Waals surface area (Å²) in [6.45, 7) is 5.89. The quantitative estimate of drug-likeness (QED) is 0.868. The Labute approximate surface area is 164 Å². The summed E-state index contributed by atoms with van der Waals surface area (Å²) in [5, 5.41) is 0. The van der Waals surface area contributed by atoms with Gasteiger partial charge in [-0.1, -0.05) is 6.07 Å². The number of likely N-dealkylation sites (tertiary alicyclic amines) is 1. The molecule has 1 spiro atoms. The highest BCUT2D eigenvalue weighted by Gasteiger charge is 2.44. The van der Waals surface area contributed by atoms with Gasteiger partial charge in [0.2, 0.25) is 5.95 Å². The second-order valence-electron chi connectivity index (χ2n) is 8.27. The van der Waals surface area contributed by atoms with E-state index < -0.39 is 0 Å². The first kappa shape index (κ1) is 17.8. The van der Waals surface area contributed by atoms with Crippen molar-refractivity contribution >= 4 is 5.95 Å². The number of hydrogen-bond donors (Lipinski definition) is 1. The maximum absolute atomic E-state index is 12.8. The predicted molar refractivity (Wildman–Crippen MR) is 107 cm³/mol. The van der Waals surface area contributed by atoms with E-state index in [9.17, 15) is 4.79 Å². The van der Waals surface area contributed by atoms with Crippen molar-refractivity contribution in [2.75, 3.05) is 44.3 Å². The number of piperidine rings is 1. The van der Waals surface area contributed by atoms with Crippen molar-refractivity contribution in [3.05, 3.63) is 51.7 Å². The number of H-pyrrole nitrogens is 1. The summed E-state index contributed by atoms with van der Waals surface area (Å²) < 4.78 is 5.45. The van der Waals surface area contributed by atoms with E-state index in [1.54, 1.807) is 0 Å². The molecule has 2 aromatic rings. The molecule has 3 aliphatic rings. The molecule has 2 aromatic heterocycles. The minimum atomic E-state index is 0.00505. The molecule has 1 atom stereocenters. The van der Waals surface area contributed by atoms with Crippen LogP contribution in [0.1, 0.15) is 36.1 Å². The lowest BCUT2D eigenvalue weighted by Crippen LogP contribution is -2.45. The molecule has 1 unspecified atom stereocenters. The fourth-order valence-corrected chi connectivity index (χ4v) is 5.07. The van der Waals surface area contributed by atoms with Gasteiger partial charge in [0.1, 0.15) is 0 Å². The van der Waals surface area contributed by atoms with Crippen molar-refractivity contribution in [2.45, 2.75) is 37.6 Å². The molecule has 7 nitrogen and oxygen atoms in total. The zero-order chi connectivity index (χ0) is 19.0. The van der Waals surface area contributed by atoms with Crippen molar-refractivity contribution in [3.8, 4) is 0 Å². The number of anilines is 1. The zero-order valence-electron chi connectivity index (χ0n) is 16.2. The molecule has 0 saturated carbocycles. The van der Waals surface area contributed by atoms with Gasteiger partial charge in [-0.05, 0) is 43.9 Å². The maximum Gasteiger partial charge on any atom is 0.255 e. The van der Waals surface area contributed by atoms with Gasteiger partial charge in [0.25, 0.3) is 5.56 Å². The summed E-state index contributed by atoms with van der Waals surface area (Å²) in [4.78, 5) is 29.8. The summed E-state index contributed by atoms with van der Waals surface area (Å²) in [5.41, 5.74) is 3.25. The summed E-state index contributed by atoms with van der Waals surface area (Å²) in [7, 11) is 0. The summed E-state index contributed by atoms with van der Waals surface area (Å²) in [5.74, 6) is 0.720. The molecule has 7 heteroatoms. The van der Waals surface area contributed by atoms with E-state index in [1.165, 1.54) is 5.56 Å². The van der Waals surface area contributed by atoms with Crippen LogP contribution in [0.3, 0.4) is 0 Å². The van der Waals surface area contributed by atoms with Crippen LogP contribution in [-0.2, 0) is 23.1 Å². The van der Waals surface area contributed by atoms with E-state index in [0.29, 0.717) is 13.2 Å². The van der Waals surface area contributed by atoms with Gasteiger partial charge < -0.3 is 9.64 Å². The van der Waals surface area contributed by atoms with Gasteiger partial charge in [0.05, 0.1) is 18.9 Å². The Morgan fingerprint density at radius 1 is 1.21 bits per heavy atom. The number of morpholine rings is 1. The van der Waals surface area contributed by atoms with Gasteiger partial charge in [-0.25, -0.2) is 4.98 Å². The van der Waals surface area contributed by atoms with Gasteiger partial charge in [-0.15, -0.1) is 0 Å². The third kappa shape index (κ3) is 3.22. The van der Waals surface area contributed by atoms with E-state index in [2.05, 4.69) is 25.8 Å². The Balaban J connectivity index is 1.44. The summed E-state index contributed by atoms with van der Waals surface area (Å²) in [6, 6.07) is 4.13. The first-order chi connectivity index (χ1) is 13.7. The number of aromatic nitrogens is 3. The van der Waals surface area contributed by atoms with Crippen LogP contribution in [0.25, 0.3) is 0 Å². The number of nitrogens with one attached hydrogen (secondary N) is 1. The van der Waals surface area contributed by atoms with E-state index in [1.807, 2.05) is 18.5 Å². The molecule has 2 fully saturated rings. The van der Waals surface area contributed by atoms with Crippen molar-refractivity contribution < 1.29 is 4.74 Å². The molecule has 5 rings (SSSR count). The maximum atomic E-state index is 12.8. The zero-order valence-corrected chi connectivity index (χ0v) is 16.2. The average molecular weight is 381 g/mol. The van der Waals surface area contributed by atoms with E-state index in [-0.39, 0.29) is 11.0 Å². The Hall–Kier alpha value is -2.25. The molecule has 2 saturated heterocycles. The molecule has 0 radical (unpaired) electrons. The van der Waals surface area contributed by atoms with Gasteiger partial charge in [0, 0.05) is 49.6 Å². The van der Waals surface area contributed by atoms with Gasteiger partial charge in [-0.2, -0.15) is 0 Å². The number of pyridine rings is 1. The largest absolute Gasteiger partial charge is 0.378 e. The van der Waals surface area contributed by atoms with Crippen LogP contribution >= 0.6 is 0 Å². The van der Waals surface area contributed by atoms with Crippen LogP contribution in [-0.4, -0.2) is 59.2 Å². The van der Waals surface area contributed by atoms with Gasteiger partial charge >= 0.3 is 0 Å². The standard InChI is InChI=1S/C21H27N5O2/c27-19-17-4-6-21(18(17)23-20(24-19)26-9-11-28-12-10-26)5-2-8-25(15-21)14-16-3-1-7-22-13-16/h1,3,7,13H,2,4-6,8-12,14-15H2,(H,23,24,27). The SMILES string of the molecule is O=c1[nH]c(N2CCOCC2)nc2c1CCC21CCCN(Cc2cccnc2)C1. The second kappa shape index (κ2) is 7.29. The van der Waals surface area contributed by atoms with E-state index in [0.717, 1.165) is 75.6 Å². The van der Waals surface area contributed by atoms with Crippen molar-refractivity contribution in [2.24, 2.45) is 0 Å². The Kier molecular flexibility index (Phi) is 4.64. The van der Waals surface area contributed by atoms with Gasteiger partial charge in [-0.3, -0.25) is 19.7 Å². The molecule has 28 heavy (non-hydrogen) atoms. The molecule has 0 amide bonds. The van der Waals surface area contributed by atoms with Crippen LogP contribution in [0.2, 0.25) is 0 Å².